The Morgan fingerprint density at radius 1 is 0.786 bits per heavy atom. The number of aromatic hydroxyl groups is 2. The molecule has 2 aromatic heterocycles. The van der Waals surface area contributed by atoms with Gasteiger partial charge >= 0.3 is 0 Å². The largest absolute Gasteiger partial charge is 0.507 e. The topological polar surface area (TPSA) is 40.5 Å². The van der Waals surface area contributed by atoms with E-state index in [1.807, 2.05) is 22.9 Å². The van der Waals surface area contributed by atoms with Crippen molar-refractivity contribution in [1.29, 1.82) is 0 Å². The molecule has 0 unspecified atom stereocenters. The van der Waals surface area contributed by atoms with Crippen molar-refractivity contribution in [3.63, 3.8) is 0 Å². The zero-order chi connectivity index (χ0) is 9.71. The first-order chi connectivity index (χ1) is 6.79. The Bertz CT molecular complexity index is 519. The lowest BCUT2D eigenvalue weighted by atomic mass is 10.2. The van der Waals surface area contributed by atoms with Gasteiger partial charge in [-0.1, -0.05) is 0 Å². The summed E-state index contributed by atoms with van der Waals surface area (Å²) in [6.07, 6.45) is 0. The molecule has 0 bridgehead atoms. The summed E-state index contributed by atoms with van der Waals surface area (Å²) in [5.74, 6) is 0.563. The summed E-state index contributed by atoms with van der Waals surface area (Å²) in [6.45, 7) is 0. The second-order valence-corrected chi connectivity index (χ2v) is 4.86. The van der Waals surface area contributed by atoms with Crippen molar-refractivity contribution in [1.82, 2.24) is 0 Å². The Kier molecular flexibility index (Phi) is 1.51. The third-order valence-electron chi connectivity index (χ3n) is 2.27. The van der Waals surface area contributed by atoms with Gasteiger partial charge in [0.2, 0.25) is 0 Å². The predicted octanol–water partition coefficient (Wildman–Crippen LogP) is 3.53. The summed E-state index contributed by atoms with van der Waals surface area (Å²) in [4.78, 5) is 0. The van der Waals surface area contributed by atoms with Crippen molar-refractivity contribution >= 4 is 42.8 Å². The Morgan fingerprint density at radius 2 is 1.29 bits per heavy atom. The fourth-order valence-electron chi connectivity index (χ4n) is 1.61. The van der Waals surface area contributed by atoms with Gasteiger partial charge in [0.15, 0.2) is 5.75 Å². The summed E-state index contributed by atoms with van der Waals surface area (Å²) >= 11 is 2.89. The number of rotatable bonds is 0. The molecule has 2 nitrogen and oxygen atoms in total. The first-order valence-electron chi connectivity index (χ1n) is 4.07. The summed E-state index contributed by atoms with van der Waals surface area (Å²) in [6, 6.07) is 3.65. The van der Waals surface area contributed by atoms with E-state index in [9.17, 15) is 10.2 Å². The monoisotopic (exact) mass is 222 g/mol. The van der Waals surface area contributed by atoms with Gasteiger partial charge in [-0.05, 0) is 22.9 Å². The molecule has 0 fully saturated rings. The highest BCUT2D eigenvalue weighted by Gasteiger charge is 2.14. The van der Waals surface area contributed by atoms with Crippen molar-refractivity contribution in [3.05, 3.63) is 22.9 Å². The van der Waals surface area contributed by atoms with E-state index in [0.29, 0.717) is 0 Å². The lowest BCUT2D eigenvalue weighted by Gasteiger charge is -2.00. The van der Waals surface area contributed by atoms with Gasteiger partial charge in [-0.3, -0.25) is 0 Å². The zero-order valence-electron chi connectivity index (χ0n) is 7.02. The number of hydrogen-bond acceptors (Lipinski definition) is 4. The van der Waals surface area contributed by atoms with Crippen LogP contribution >= 0.6 is 22.7 Å². The molecule has 0 amide bonds. The van der Waals surface area contributed by atoms with Crippen LogP contribution in [0.25, 0.3) is 20.2 Å². The molecular weight excluding hydrogens is 216 g/mol. The van der Waals surface area contributed by atoms with Crippen LogP contribution in [0, 0.1) is 0 Å². The minimum absolute atomic E-state index is 0.273. The van der Waals surface area contributed by atoms with Gasteiger partial charge in [0.1, 0.15) is 5.75 Å². The molecule has 2 heterocycles. The number of benzene rings is 1. The second kappa shape index (κ2) is 2.62. The molecular formula is C10H6O2S2. The summed E-state index contributed by atoms with van der Waals surface area (Å²) in [5, 5.41) is 25.0. The third-order valence-corrected chi connectivity index (χ3v) is 4.11. The molecule has 0 aliphatic rings. The molecule has 0 atom stereocenters. The van der Waals surface area contributed by atoms with E-state index in [2.05, 4.69) is 0 Å². The van der Waals surface area contributed by atoms with E-state index >= 15 is 0 Å². The van der Waals surface area contributed by atoms with Crippen molar-refractivity contribution in [2.75, 3.05) is 0 Å². The minimum atomic E-state index is 0.273. The van der Waals surface area contributed by atoms with Crippen LogP contribution < -0.4 is 0 Å². The van der Waals surface area contributed by atoms with E-state index < -0.39 is 0 Å². The molecule has 0 radical (unpaired) electrons. The highest BCUT2D eigenvalue weighted by molar-refractivity contribution is 7.20. The maximum atomic E-state index is 9.92. The standard InChI is InChI=1S/C10H6O2S2/c11-7-5-1-3-13-9(5)8(12)10-6(7)2-4-14-10/h1-4,11-12H. The van der Waals surface area contributed by atoms with Gasteiger partial charge in [0.25, 0.3) is 0 Å². The highest BCUT2D eigenvalue weighted by Crippen LogP contribution is 2.45. The maximum Gasteiger partial charge on any atom is 0.151 e. The highest BCUT2D eigenvalue weighted by atomic mass is 32.1. The number of thiophene rings is 2. The van der Waals surface area contributed by atoms with Crippen LogP contribution in [-0.2, 0) is 0 Å². The van der Waals surface area contributed by atoms with E-state index in [-0.39, 0.29) is 11.5 Å². The van der Waals surface area contributed by atoms with E-state index in [0.717, 1.165) is 20.2 Å². The fraction of sp³-hybridized carbons (Fsp3) is 0. The lowest BCUT2D eigenvalue weighted by Crippen LogP contribution is -1.71. The molecule has 0 spiro atoms. The van der Waals surface area contributed by atoms with Crippen molar-refractivity contribution in [2.45, 2.75) is 0 Å². The van der Waals surface area contributed by atoms with Crippen molar-refractivity contribution < 1.29 is 10.2 Å². The summed E-state index contributed by atoms with van der Waals surface area (Å²) in [5.41, 5.74) is 0. The molecule has 3 aromatic rings. The Hall–Kier alpha value is -1.26. The van der Waals surface area contributed by atoms with Gasteiger partial charge in [-0.15, -0.1) is 22.7 Å². The molecule has 0 aliphatic carbocycles. The van der Waals surface area contributed by atoms with Crippen molar-refractivity contribution in [3.8, 4) is 11.5 Å². The van der Waals surface area contributed by atoms with Crippen LogP contribution in [0.3, 0.4) is 0 Å². The lowest BCUT2D eigenvalue weighted by molar-refractivity contribution is 0.480. The Labute approximate surface area is 87.7 Å². The van der Waals surface area contributed by atoms with E-state index in [1.54, 1.807) is 0 Å². The number of phenolic OH excluding ortho intramolecular Hbond substituents is 2. The average molecular weight is 222 g/mol. The van der Waals surface area contributed by atoms with Crippen LogP contribution in [0.1, 0.15) is 0 Å². The SMILES string of the molecule is Oc1c2ccsc2c(O)c2sccc12. The first kappa shape index (κ1) is 8.08. The van der Waals surface area contributed by atoms with Gasteiger partial charge < -0.3 is 10.2 Å². The minimum Gasteiger partial charge on any atom is -0.507 e. The molecule has 1 aromatic carbocycles. The first-order valence-corrected chi connectivity index (χ1v) is 5.83. The molecule has 0 aliphatic heterocycles. The van der Waals surface area contributed by atoms with Gasteiger partial charge in [-0.25, -0.2) is 0 Å². The molecule has 0 saturated heterocycles. The molecule has 14 heavy (non-hydrogen) atoms. The maximum absolute atomic E-state index is 9.92. The smallest absolute Gasteiger partial charge is 0.151 e. The van der Waals surface area contributed by atoms with Crippen LogP contribution in [0.15, 0.2) is 22.9 Å². The average Bonchev–Trinajstić information content (AvgIpc) is 2.82. The Morgan fingerprint density at radius 3 is 1.79 bits per heavy atom. The van der Waals surface area contributed by atoms with E-state index in [1.165, 1.54) is 22.7 Å². The molecule has 3 rings (SSSR count). The Balaban J connectivity index is 2.72. The molecule has 70 valence electrons. The van der Waals surface area contributed by atoms with E-state index in [4.69, 9.17) is 0 Å². The molecule has 2 N–H and O–H groups in total. The second-order valence-electron chi connectivity index (χ2n) is 3.02. The van der Waals surface area contributed by atoms with Crippen LogP contribution in [-0.4, -0.2) is 10.2 Å². The quantitative estimate of drug-likeness (QED) is 0.571. The fourth-order valence-corrected chi connectivity index (χ4v) is 3.36. The summed E-state index contributed by atoms with van der Waals surface area (Å²) in [7, 11) is 0. The normalized spacial score (nSPS) is 11.4. The van der Waals surface area contributed by atoms with Gasteiger partial charge in [0, 0.05) is 10.8 Å². The van der Waals surface area contributed by atoms with Crippen molar-refractivity contribution in [2.24, 2.45) is 0 Å². The predicted molar refractivity (Wildman–Crippen MR) is 60.5 cm³/mol. The number of hydrogen-bond donors (Lipinski definition) is 2. The van der Waals surface area contributed by atoms with Crippen LogP contribution in [0.5, 0.6) is 11.5 Å². The number of phenols is 2. The zero-order valence-corrected chi connectivity index (χ0v) is 8.65. The number of fused-ring (bicyclic) bond motifs is 2. The third kappa shape index (κ3) is 0.844. The summed E-state index contributed by atoms with van der Waals surface area (Å²) < 4.78 is 1.52. The molecule has 0 saturated carbocycles. The van der Waals surface area contributed by atoms with Gasteiger partial charge in [0.05, 0.1) is 9.40 Å². The van der Waals surface area contributed by atoms with Crippen LogP contribution in [0.2, 0.25) is 0 Å². The van der Waals surface area contributed by atoms with Crippen LogP contribution in [0.4, 0.5) is 0 Å². The van der Waals surface area contributed by atoms with Gasteiger partial charge in [-0.2, -0.15) is 0 Å². The molecule has 4 heteroatoms.